The van der Waals surface area contributed by atoms with E-state index in [2.05, 4.69) is 21.2 Å². The number of urea groups is 1. The van der Waals surface area contributed by atoms with E-state index in [0.29, 0.717) is 40.4 Å². The third-order valence-electron chi connectivity index (χ3n) is 5.60. The second-order valence-corrected chi connectivity index (χ2v) is 9.13. The van der Waals surface area contributed by atoms with Crippen LogP contribution in [-0.2, 0) is 16.2 Å². The number of ether oxygens (including phenoxy) is 2. The van der Waals surface area contributed by atoms with Gasteiger partial charge in [0.25, 0.3) is 11.8 Å². The molecular weight excluding hydrogens is 524 g/mol. The summed E-state index contributed by atoms with van der Waals surface area (Å²) in [6.45, 7) is 6.41. The molecule has 0 atom stereocenters. The Morgan fingerprint density at radius 2 is 1.69 bits per heavy atom. The maximum absolute atomic E-state index is 13.3. The van der Waals surface area contributed by atoms with Crippen molar-refractivity contribution in [2.75, 3.05) is 11.5 Å². The summed E-state index contributed by atoms with van der Waals surface area (Å²) in [6.07, 6.45) is 1.44. The Kier molecular flexibility index (Phi) is 7.55. The number of para-hydroxylation sites is 1. The number of aryl methyl sites for hydroxylation is 2. The Balaban J connectivity index is 1.67. The molecule has 1 aliphatic rings. The predicted molar refractivity (Wildman–Crippen MR) is 141 cm³/mol. The molecule has 1 aliphatic heterocycles. The number of imide groups is 2. The molecule has 0 spiro atoms. The van der Waals surface area contributed by atoms with Crippen LogP contribution in [0.1, 0.15) is 29.2 Å². The predicted octanol–water partition coefficient (Wildman–Crippen LogP) is 5.71. The molecule has 184 valence electrons. The number of barbiturate groups is 1. The summed E-state index contributed by atoms with van der Waals surface area (Å²) in [5, 5.41) is 2.26. The first-order chi connectivity index (χ1) is 17.3. The number of benzene rings is 3. The quantitative estimate of drug-likeness (QED) is 0.302. The van der Waals surface area contributed by atoms with Crippen LogP contribution in [0.5, 0.6) is 11.5 Å². The van der Waals surface area contributed by atoms with E-state index in [4.69, 9.17) is 9.47 Å². The van der Waals surface area contributed by atoms with E-state index in [1.54, 1.807) is 37.3 Å². The number of halogens is 1. The lowest BCUT2D eigenvalue weighted by Gasteiger charge is -2.27. The lowest BCUT2D eigenvalue weighted by atomic mass is 10.1. The second kappa shape index (κ2) is 10.8. The van der Waals surface area contributed by atoms with Gasteiger partial charge in [0.1, 0.15) is 12.2 Å². The molecule has 4 amide bonds. The highest BCUT2D eigenvalue weighted by Gasteiger charge is 2.37. The zero-order valence-electron chi connectivity index (χ0n) is 20.1. The molecule has 0 aromatic heterocycles. The van der Waals surface area contributed by atoms with Crippen molar-refractivity contribution in [1.82, 2.24) is 5.32 Å². The summed E-state index contributed by atoms with van der Waals surface area (Å²) < 4.78 is 12.4. The zero-order valence-corrected chi connectivity index (χ0v) is 21.7. The summed E-state index contributed by atoms with van der Waals surface area (Å²) in [5.41, 5.74) is 3.65. The van der Waals surface area contributed by atoms with E-state index in [1.807, 2.05) is 44.2 Å². The lowest BCUT2D eigenvalue weighted by molar-refractivity contribution is -0.122. The van der Waals surface area contributed by atoms with Gasteiger partial charge in [0, 0.05) is 4.47 Å². The Labute approximate surface area is 217 Å². The highest BCUT2D eigenvalue weighted by molar-refractivity contribution is 9.10. The number of amides is 4. The van der Waals surface area contributed by atoms with Gasteiger partial charge in [-0.15, -0.1) is 0 Å². The van der Waals surface area contributed by atoms with Crippen LogP contribution in [0, 0.1) is 13.8 Å². The van der Waals surface area contributed by atoms with Crippen LogP contribution in [0.25, 0.3) is 6.08 Å². The van der Waals surface area contributed by atoms with E-state index in [0.717, 1.165) is 21.6 Å². The van der Waals surface area contributed by atoms with Crippen LogP contribution in [-0.4, -0.2) is 24.5 Å². The first-order valence-corrected chi connectivity index (χ1v) is 12.2. The Hall–Kier alpha value is -3.91. The van der Waals surface area contributed by atoms with Gasteiger partial charge in [-0.05, 0) is 61.7 Å². The average Bonchev–Trinajstić information content (AvgIpc) is 2.83. The van der Waals surface area contributed by atoms with E-state index in [9.17, 15) is 14.4 Å². The van der Waals surface area contributed by atoms with Crippen molar-refractivity contribution in [1.29, 1.82) is 0 Å². The summed E-state index contributed by atoms with van der Waals surface area (Å²) in [6, 6.07) is 17.6. The molecule has 4 rings (SSSR count). The number of hydrogen-bond donors (Lipinski definition) is 1. The molecule has 7 nitrogen and oxygen atoms in total. The minimum Gasteiger partial charge on any atom is -0.490 e. The number of carbonyl (C=O) groups is 3. The monoisotopic (exact) mass is 548 g/mol. The Morgan fingerprint density at radius 3 is 2.42 bits per heavy atom. The van der Waals surface area contributed by atoms with Gasteiger partial charge in [0.05, 0.1) is 12.3 Å². The van der Waals surface area contributed by atoms with Gasteiger partial charge in [-0.3, -0.25) is 14.9 Å². The highest BCUT2D eigenvalue weighted by atomic mass is 79.9. The van der Waals surface area contributed by atoms with Gasteiger partial charge < -0.3 is 9.47 Å². The van der Waals surface area contributed by atoms with Gasteiger partial charge in [-0.1, -0.05) is 64.0 Å². The molecule has 3 aromatic carbocycles. The minimum absolute atomic E-state index is 0.172. The standard InChI is InChI=1S/C28H25BrN2O5/c1-4-35-24-14-20(22(29)15-25(24)36-16-19-10-7-8-17(2)12-19)13-21-26(32)30-28(34)31(27(21)33)23-11-6-5-9-18(23)3/h5-15H,4,16H2,1-3H3,(H,30,32,34)/b21-13+. The van der Waals surface area contributed by atoms with Gasteiger partial charge in [0.15, 0.2) is 11.5 Å². The number of nitrogens with zero attached hydrogens (tertiary/aromatic N) is 1. The van der Waals surface area contributed by atoms with Crippen molar-refractivity contribution in [3.05, 3.63) is 93.0 Å². The van der Waals surface area contributed by atoms with Crippen LogP contribution in [0.4, 0.5) is 10.5 Å². The fourth-order valence-electron chi connectivity index (χ4n) is 3.85. The van der Waals surface area contributed by atoms with E-state index in [-0.39, 0.29) is 5.57 Å². The number of carbonyl (C=O) groups excluding carboxylic acids is 3. The Morgan fingerprint density at radius 1 is 0.944 bits per heavy atom. The minimum atomic E-state index is -0.787. The number of nitrogens with one attached hydrogen (secondary N) is 1. The fourth-order valence-corrected chi connectivity index (χ4v) is 4.29. The molecule has 0 radical (unpaired) electrons. The number of hydrogen-bond acceptors (Lipinski definition) is 5. The van der Waals surface area contributed by atoms with E-state index < -0.39 is 17.8 Å². The molecule has 0 aliphatic carbocycles. The van der Waals surface area contributed by atoms with Crippen LogP contribution in [0.3, 0.4) is 0 Å². The molecule has 1 saturated heterocycles. The highest BCUT2D eigenvalue weighted by Crippen LogP contribution is 2.36. The fraction of sp³-hybridized carbons (Fsp3) is 0.179. The molecule has 8 heteroatoms. The first kappa shape index (κ1) is 25.2. The molecule has 0 unspecified atom stereocenters. The van der Waals surface area contributed by atoms with E-state index >= 15 is 0 Å². The van der Waals surface area contributed by atoms with Gasteiger partial charge >= 0.3 is 6.03 Å². The lowest BCUT2D eigenvalue weighted by Crippen LogP contribution is -2.54. The molecular formula is C28H25BrN2O5. The average molecular weight is 549 g/mol. The van der Waals surface area contributed by atoms with Crippen LogP contribution < -0.4 is 19.7 Å². The Bertz CT molecular complexity index is 1380. The maximum atomic E-state index is 13.3. The molecule has 0 bridgehead atoms. The smallest absolute Gasteiger partial charge is 0.335 e. The summed E-state index contributed by atoms with van der Waals surface area (Å²) in [5.74, 6) is -0.485. The van der Waals surface area contributed by atoms with Gasteiger partial charge in [0.2, 0.25) is 0 Å². The number of anilines is 1. The van der Waals surface area contributed by atoms with Crippen molar-refractivity contribution >= 4 is 45.5 Å². The largest absolute Gasteiger partial charge is 0.490 e. The molecule has 1 heterocycles. The normalized spacial score (nSPS) is 14.7. The van der Waals surface area contributed by atoms with Crippen molar-refractivity contribution in [2.24, 2.45) is 0 Å². The molecule has 36 heavy (non-hydrogen) atoms. The van der Waals surface area contributed by atoms with Gasteiger partial charge in [-0.25, -0.2) is 9.69 Å². The molecule has 1 N–H and O–H groups in total. The van der Waals surface area contributed by atoms with Gasteiger partial charge in [-0.2, -0.15) is 0 Å². The van der Waals surface area contributed by atoms with Crippen LogP contribution >= 0.6 is 15.9 Å². The molecule has 1 fully saturated rings. The van der Waals surface area contributed by atoms with E-state index in [1.165, 1.54) is 6.08 Å². The molecule has 0 saturated carbocycles. The van der Waals surface area contributed by atoms with Crippen LogP contribution in [0.2, 0.25) is 0 Å². The molecule has 3 aromatic rings. The zero-order chi connectivity index (χ0) is 25.8. The number of rotatable bonds is 7. The third kappa shape index (κ3) is 5.33. The first-order valence-electron chi connectivity index (χ1n) is 11.4. The third-order valence-corrected chi connectivity index (χ3v) is 6.28. The van der Waals surface area contributed by atoms with Crippen molar-refractivity contribution < 1.29 is 23.9 Å². The maximum Gasteiger partial charge on any atom is 0.335 e. The van der Waals surface area contributed by atoms with Crippen LogP contribution in [0.15, 0.2) is 70.7 Å². The SMILES string of the molecule is CCOc1cc(/C=C2\C(=O)NC(=O)N(c3ccccc3C)C2=O)c(Br)cc1OCc1cccc(C)c1. The summed E-state index contributed by atoms with van der Waals surface area (Å²) in [7, 11) is 0. The van der Waals surface area contributed by atoms with Crippen molar-refractivity contribution in [3.63, 3.8) is 0 Å². The second-order valence-electron chi connectivity index (χ2n) is 8.28. The van der Waals surface area contributed by atoms with Crippen molar-refractivity contribution in [3.8, 4) is 11.5 Å². The summed E-state index contributed by atoms with van der Waals surface area (Å²) in [4.78, 5) is 39.4. The topological polar surface area (TPSA) is 84.9 Å². The summed E-state index contributed by atoms with van der Waals surface area (Å²) >= 11 is 3.52. The van der Waals surface area contributed by atoms with Crippen molar-refractivity contribution in [2.45, 2.75) is 27.4 Å².